The van der Waals surface area contributed by atoms with Crippen LogP contribution in [-0.2, 0) is 14.3 Å². The van der Waals surface area contributed by atoms with E-state index in [1.54, 1.807) is 0 Å². The molecule has 2 rings (SSSR count). The van der Waals surface area contributed by atoms with E-state index in [2.05, 4.69) is 67.5 Å². The first-order chi connectivity index (χ1) is 12.4. The molecule has 0 spiro atoms. The van der Waals surface area contributed by atoms with Crippen LogP contribution in [0.5, 0.6) is 0 Å². The molecule has 140 valence electrons. The summed E-state index contributed by atoms with van der Waals surface area (Å²) in [6, 6.07) is 20.8. The van der Waals surface area contributed by atoms with Crippen LogP contribution in [0.15, 0.2) is 60.7 Å². The zero-order valence-corrected chi connectivity index (χ0v) is 15.0. The average molecular weight is 359 g/mol. The van der Waals surface area contributed by atoms with E-state index in [0.29, 0.717) is 0 Å². The molecule has 0 aliphatic heterocycles. The maximum Gasteiger partial charge on any atom is 0.314 e. The standard InChI is InChI=1S/C17H21NO.C3H4O4/c1-18(2)13-14-19-17(15-9-5-3-6-10-15)16-11-7-4-8-12-16;4-2(5)1-3(6)7/h3-12,17H,13-14H2,1-2H3;1H2,(H,4,5)(H,6,7). The van der Waals surface area contributed by atoms with Gasteiger partial charge in [0.25, 0.3) is 0 Å². The van der Waals surface area contributed by atoms with Gasteiger partial charge in [-0.2, -0.15) is 0 Å². The minimum atomic E-state index is -1.31. The van der Waals surface area contributed by atoms with Crippen LogP contribution in [0.4, 0.5) is 0 Å². The van der Waals surface area contributed by atoms with Crippen molar-refractivity contribution in [3.05, 3.63) is 71.8 Å². The number of carboxylic acids is 2. The Morgan fingerprint density at radius 3 is 1.62 bits per heavy atom. The zero-order valence-electron chi connectivity index (χ0n) is 15.0. The lowest BCUT2D eigenvalue weighted by atomic mass is 10.0. The number of likely N-dealkylation sites (N-methyl/N-ethyl adjacent to an activating group) is 1. The van der Waals surface area contributed by atoms with Crippen LogP contribution < -0.4 is 0 Å². The quantitative estimate of drug-likeness (QED) is 0.705. The molecule has 0 bridgehead atoms. The fraction of sp³-hybridized carbons (Fsp3) is 0.300. The summed E-state index contributed by atoms with van der Waals surface area (Å²) in [7, 11) is 4.12. The van der Waals surface area contributed by atoms with Gasteiger partial charge in [-0.05, 0) is 25.2 Å². The number of benzene rings is 2. The Morgan fingerprint density at radius 2 is 1.31 bits per heavy atom. The molecular formula is C20H25NO5. The summed E-state index contributed by atoms with van der Waals surface area (Å²) >= 11 is 0. The minimum Gasteiger partial charge on any atom is -0.481 e. The fourth-order valence-electron chi connectivity index (χ4n) is 2.12. The Morgan fingerprint density at radius 1 is 0.885 bits per heavy atom. The molecule has 0 aliphatic rings. The molecule has 2 aromatic rings. The largest absolute Gasteiger partial charge is 0.481 e. The lowest BCUT2D eigenvalue weighted by molar-refractivity contribution is -0.147. The number of rotatable bonds is 8. The maximum atomic E-state index is 9.43. The normalized spacial score (nSPS) is 10.3. The van der Waals surface area contributed by atoms with Crippen molar-refractivity contribution in [2.75, 3.05) is 27.2 Å². The van der Waals surface area contributed by atoms with Crippen molar-refractivity contribution < 1.29 is 24.5 Å². The molecule has 2 aromatic carbocycles. The second-order valence-corrected chi connectivity index (χ2v) is 5.84. The topological polar surface area (TPSA) is 87.1 Å². The van der Waals surface area contributed by atoms with E-state index >= 15 is 0 Å². The SMILES string of the molecule is CN(C)CCOC(c1ccccc1)c1ccccc1.O=C(O)CC(=O)O. The van der Waals surface area contributed by atoms with Crippen LogP contribution in [0.2, 0.25) is 0 Å². The predicted octanol–water partition coefficient (Wildman–Crippen LogP) is 2.90. The van der Waals surface area contributed by atoms with E-state index in [-0.39, 0.29) is 6.10 Å². The Kier molecular flexibility index (Phi) is 9.67. The summed E-state index contributed by atoms with van der Waals surface area (Å²) in [6.45, 7) is 1.65. The van der Waals surface area contributed by atoms with Gasteiger partial charge in [0.2, 0.25) is 0 Å². The zero-order chi connectivity index (χ0) is 19.4. The molecule has 2 N–H and O–H groups in total. The third kappa shape index (κ3) is 8.96. The fourth-order valence-corrected chi connectivity index (χ4v) is 2.12. The Hall–Kier alpha value is -2.70. The number of aliphatic carboxylic acids is 2. The van der Waals surface area contributed by atoms with Gasteiger partial charge in [-0.25, -0.2) is 0 Å². The highest BCUT2D eigenvalue weighted by Gasteiger charge is 2.13. The van der Waals surface area contributed by atoms with Crippen molar-refractivity contribution in [1.82, 2.24) is 4.90 Å². The van der Waals surface area contributed by atoms with Gasteiger partial charge in [0.05, 0.1) is 6.61 Å². The van der Waals surface area contributed by atoms with Gasteiger partial charge in [0, 0.05) is 6.54 Å². The van der Waals surface area contributed by atoms with Crippen molar-refractivity contribution in [1.29, 1.82) is 0 Å². The summed E-state index contributed by atoms with van der Waals surface area (Å²) in [6.07, 6.45) is -0.789. The molecule has 0 aliphatic carbocycles. The van der Waals surface area contributed by atoms with Crippen LogP contribution in [-0.4, -0.2) is 54.3 Å². The van der Waals surface area contributed by atoms with Crippen LogP contribution in [0.1, 0.15) is 23.7 Å². The summed E-state index contributed by atoms with van der Waals surface area (Å²) in [4.78, 5) is 21.0. The number of hydrogen-bond donors (Lipinski definition) is 2. The number of carbonyl (C=O) groups is 2. The Balaban J connectivity index is 0.000000412. The first kappa shape index (κ1) is 21.3. The number of nitrogens with zero attached hydrogens (tertiary/aromatic N) is 1. The molecule has 0 fully saturated rings. The molecule has 0 atom stereocenters. The van der Waals surface area contributed by atoms with E-state index < -0.39 is 18.4 Å². The van der Waals surface area contributed by atoms with Crippen molar-refractivity contribution in [2.45, 2.75) is 12.5 Å². The predicted molar refractivity (Wildman–Crippen MR) is 99.1 cm³/mol. The van der Waals surface area contributed by atoms with E-state index in [4.69, 9.17) is 14.9 Å². The molecule has 0 saturated carbocycles. The average Bonchev–Trinajstić information content (AvgIpc) is 2.59. The second kappa shape index (κ2) is 11.8. The molecule has 0 radical (unpaired) electrons. The van der Waals surface area contributed by atoms with Crippen molar-refractivity contribution in [3.8, 4) is 0 Å². The van der Waals surface area contributed by atoms with Crippen LogP contribution in [0.25, 0.3) is 0 Å². The molecular weight excluding hydrogens is 334 g/mol. The van der Waals surface area contributed by atoms with E-state index in [1.165, 1.54) is 11.1 Å². The van der Waals surface area contributed by atoms with E-state index in [9.17, 15) is 9.59 Å². The lowest BCUT2D eigenvalue weighted by Gasteiger charge is -2.20. The highest BCUT2D eigenvalue weighted by atomic mass is 16.5. The van der Waals surface area contributed by atoms with Gasteiger partial charge in [0.1, 0.15) is 12.5 Å². The first-order valence-corrected chi connectivity index (χ1v) is 8.20. The minimum absolute atomic E-state index is 0.0161. The molecule has 6 heteroatoms. The number of carboxylic acid groups (broad SMARTS) is 2. The smallest absolute Gasteiger partial charge is 0.314 e. The van der Waals surface area contributed by atoms with Crippen molar-refractivity contribution in [3.63, 3.8) is 0 Å². The summed E-state index contributed by atoms with van der Waals surface area (Å²) in [5, 5.41) is 15.4. The van der Waals surface area contributed by atoms with E-state index in [1.807, 2.05) is 12.1 Å². The molecule has 0 aromatic heterocycles. The van der Waals surface area contributed by atoms with Gasteiger partial charge >= 0.3 is 11.9 Å². The molecule has 26 heavy (non-hydrogen) atoms. The van der Waals surface area contributed by atoms with Crippen LogP contribution >= 0.6 is 0 Å². The van der Waals surface area contributed by atoms with E-state index in [0.717, 1.165) is 13.2 Å². The lowest BCUT2D eigenvalue weighted by Crippen LogP contribution is -2.20. The maximum absolute atomic E-state index is 9.43. The summed E-state index contributed by atoms with van der Waals surface area (Å²) < 4.78 is 6.08. The third-order valence-electron chi connectivity index (χ3n) is 3.33. The van der Waals surface area contributed by atoms with Gasteiger partial charge in [-0.3, -0.25) is 9.59 Å². The molecule has 0 heterocycles. The number of hydrogen-bond acceptors (Lipinski definition) is 4. The summed E-state index contributed by atoms with van der Waals surface area (Å²) in [5.74, 6) is -2.62. The highest BCUT2D eigenvalue weighted by Crippen LogP contribution is 2.25. The monoisotopic (exact) mass is 359 g/mol. The van der Waals surface area contributed by atoms with Gasteiger partial charge in [-0.15, -0.1) is 0 Å². The Labute approximate surface area is 153 Å². The van der Waals surface area contributed by atoms with Gasteiger partial charge in [-0.1, -0.05) is 60.7 Å². The van der Waals surface area contributed by atoms with Gasteiger partial charge in [0.15, 0.2) is 0 Å². The van der Waals surface area contributed by atoms with Crippen molar-refractivity contribution >= 4 is 11.9 Å². The second-order valence-electron chi connectivity index (χ2n) is 5.84. The first-order valence-electron chi connectivity index (χ1n) is 8.20. The molecule has 0 saturated heterocycles. The third-order valence-corrected chi connectivity index (χ3v) is 3.33. The van der Waals surface area contributed by atoms with Crippen LogP contribution in [0, 0.1) is 0 Å². The molecule has 0 unspecified atom stereocenters. The Bertz CT molecular complexity index is 607. The van der Waals surface area contributed by atoms with Crippen molar-refractivity contribution in [2.24, 2.45) is 0 Å². The number of ether oxygens (including phenoxy) is 1. The highest BCUT2D eigenvalue weighted by molar-refractivity contribution is 5.88. The van der Waals surface area contributed by atoms with Crippen LogP contribution in [0.3, 0.4) is 0 Å². The molecule has 6 nitrogen and oxygen atoms in total. The molecule has 0 amide bonds. The summed E-state index contributed by atoms with van der Waals surface area (Å²) in [5.41, 5.74) is 2.40. The van der Waals surface area contributed by atoms with Gasteiger partial charge < -0.3 is 19.8 Å².